The number of nitrogens with zero attached hydrogens (tertiary/aromatic N) is 1. The molecule has 1 fully saturated rings. The smallest absolute Gasteiger partial charge is 0.0481 e. The maximum absolute atomic E-state index is 8.93. The van der Waals surface area contributed by atoms with Crippen molar-refractivity contribution in [3.05, 3.63) is 0 Å². The van der Waals surface area contributed by atoms with Crippen molar-refractivity contribution in [3.63, 3.8) is 0 Å². The zero-order valence-electron chi connectivity index (χ0n) is 8.99. The standard InChI is InChI=1S/C11H23NO2/c13-9-11(10-14)5-8-12-6-3-1-2-4-7-12/h11,13-14H,1-10H2. The maximum Gasteiger partial charge on any atom is 0.0481 e. The predicted molar refractivity (Wildman–Crippen MR) is 57.2 cm³/mol. The van der Waals surface area contributed by atoms with Crippen LogP contribution >= 0.6 is 0 Å². The van der Waals surface area contributed by atoms with Crippen LogP contribution in [0.15, 0.2) is 0 Å². The highest BCUT2D eigenvalue weighted by Crippen LogP contribution is 2.11. The molecule has 1 heterocycles. The normalized spacial score (nSPS) is 19.9. The highest BCUT2D eigenvalue weighted by molar-refractivity contribution is 4.65. The fraction of sp³-hybridized carbons (Fsp3) is 1.00. The molecule has 1 rings (SSSR count). The summed E-state index contributed by atoms with van der Waals surface area (Å²) in [4.78, 5) is 2.46. The van der Waals surface area contributed by atoms with E-state index >= 15 is 0 Å². The molecule has 1 saturated heterocycles. The topological polar surface area (TPSA) is 43.7 Å². The summed E-state index contributed by atoms with van der Waals surface area (Å²) in [5.41, 5.74) is 0. The molecule has 0 aromatic heterocycles. The summed E-state index contributed by atoms with van der Waals surface area (Å²) >= 11 is 0. The molecule has 0 amide bonds. The van der Waals surface area contributed by atoms with Gasteiger partial charge in [-0.3, -0.25) is 0 Å². The summed E-state index contributed by atoms with van der Waals surface area (Å²) in [6.07, 6.45) is 6.26. The number of rotatable bonds is 5. The van der Waals surface area contributed by atoms with Crippen molar-refractivity contribution in [2.75, 3.05) is 32.8 Å². The van der Waals surface area contributed by atoms with Gasteiger partial charge in [0.15, 0.2) is 0 Å². The molecule has 0 bridgehead atoms. The molecule has 0 saturated carbocycles. The van der Waals surface area contributed by atoms with E-state index in [1.54, 1.807) is 0 Å². The summed E-state index contributed by atoms with van der Waals surface area (Å²) in [7, 11) is 0. The van der Waals surface area contributed by atoms with E-state index in [1.165, 1.54) is 38.8 Å². The number of hydrogen-bond donors (Lipinski definition) is 2. The second kappa shape index (κ2) is 7.21. The molecular formula is C11H23NO2. The molecule has 3 heteroatoms. The fourth-order valence-electron chi connectivity index (χ4n) is 1.97. The lowest BCUT2D eigenvalue weighted by Gasteiger charge is -2.21. The van der Waals surface area contributed by atoms with Gasteiger partial charge in [0.1, 0.15) is 0 Å². The van der Waals surface area contributed by atoms with Crippen LogP contribution in [0.3, 0.4) is 0 Å². The molecule has 14 heavy (non-hydrogen) atoms. The van der Waals surface area contributed by atoms with Crippen LogP contribution in [0.25, 0.3) is 0 Å². The molecule has 0 aliphatic carbocycles. The molecule has 2 N–H and O–H groups in total. The van der Waals surface area contributed by atoms with Crippen molar-refractivity contribution in [1.82, 2.24) is 4.90 Å². The minimum atomic E-state index is 0.0817. The summed E-state index contributed by atoms with van der Waals surface area (Å²) < 4.78 is 0. The third-order valence-electron chi connectivity index (χ3n) is 3.07. The van der Waals surface area contributed by atoms with E-state index in [0.29, 0.717) is 0 Å². The van der Waals surface area contributed by atoms with Crippen molar-refractivity contribution >= 4 is 0 Å². The Labute approximate surface area is 86.7 Å². The van der Waals surface area contributed by atoms with E-state index in [1.807, 2.05) is 0 Å². The quantitative estimate of drug-likeness (QED) is 0.693. The Morgan fingerprint density at radius 1 is 0.929 bits per heavy atom. The number of likely N-dealkylation sites (tertiary alicyclic amines) is 1. The Morgan fingerprint density at radius 3 is 2.00 bits per heavy atom. The Morgan fingerprint density at radius 2 is 1.50 bits per heavy atom. The first-order chi connectivity index (χ1) is 6.86. The third-order valence-corrected chi connectivity index (χ3v) is 3.07. The zero-order chi connectivity index (χ0) is 10.2. The summed E-state index contributed by atoms with van der Waals surface area (Å²) in [6.45, 7) is 3.66. The molecule has 84 valence electrons. The zero-order valence-corrected chi connectivity index (χ0v) is 8.99. The monoisotopic (exact) mass is 201 g/mol. The van der Waals surface area contributed by atoms with Crippen molar-refractivity contribution in [2.24, 2.45) is 5.92 Å². The van der Waals surface area contributed by atoms with Gasteiger partial charge in [-0.05, 0) is 38.9 Å². The van der Waals surface area contributed by atoms with E-state index in [4.69, 9.17) is 10.2 Å². The van der Waals surface area contributed by atoms with E-state index in [2.05, 4.69) is 4.90 Å². The average molecular weight is 201 g/mol. The van der Waals surface area contributed by atoms with Gasteiger partial charge in [-0.2, -0.15) is 0 Å². The number of aliphatic hydroxyl groups excluding tert-OH is 2. The molecule has 0 unspecified atom stereocenters. The number of aliphatic hydroxyl groups is 2. The lowest BCUT2D eigenvalue weighted by atomic mass is 10.1. The molecule has 1 aliphatic rings. The van der Waals surface area contributed by atoms with E-state index in [0.717, 1.165) is 13.0 Å². The van der Waals surface area contributed by atoms with Crippen molar-refractivity contribution in [1.29, 1.82) is 0 Å². The Bertz CT molecular complexity index is 129. The van der Waals surface area contributed by atoms with Gasteiger partial charge in [-0.15, -0.1) is 0 Å². The van der Waals surface area contributed by atoms with E-state index in [-0.39, 0.29) is 19.1 Å². The van der Waals surface area contributed by atoms with Crippen LogP contribution in [-0.4, -0.2) is 48.0 Å². The summed E-state index contributed by atoms with van der Waals surface area (Å²) in [5.74, 6) is 0.0817. The first-order valence-electron chi connectivity index (χ1n) is 5.81. The van der Waals surface area contributed by atoms with Gasteiger partial charge in [0.25, 0.3) is 0 Å². The van der Waals surface area contributed by atoms with Crippen molar-refractivity contribution in [2.45, 2.75) is 32.1 Å². The number of hydrogen-bond acceptors (Lipinski definition) is 3. The van der Waals surface area contributed by atoms with Crippen LogP contribution in [0.1, 0.15) is 32.1 Å². The van der Waals surface area contributed by atoms with E-state index in [9.17, 15) is 0 Å². The van der Waals surface area contributed by atoms with Gasteiger partial charge in [-0.25, -0.2) is 0 Å². The Kier molecular flexibility index (Phi) is 6.15. The molecule has 0 aromatic carbocycles. The minimum absolute atomic E-state index is 0.0817. The molecule has 3 nitrogen and oxygen atoms in total. The minimum Gasteiger partial charge on any atom is -0.396 e. The first-order valence-corrected chi connectivity index (χ1v) is 5.81. The molecule has 0 aromatic rings. The van der Waals surface area contributed by atoms with Crippen LogP contribution < -0.4 is 0 Å². The SMILES string of the molecule is OCC(CO)CCN1CCCCCC1. The van der Waals surface area contributed by atoms with Crippen LogP contribution in [0, 0.1) is 5.92 Å². The molecule has 0 atom stereocenters. The average Bonchev–Trinajstić information content (AvgIpc) is 2.48. The maximum atomic E-state index is 8.93. The molecule has 0 spiro atoms. The highest BCUT2D eigenvalue weighted by Gasteiger charge is 2.11. The lowest BCUT2D eigenvalue weighted by molar-refractivity contribution is 0.130. The molecule has 1 aliphatic heterocycles. The van der Waals surface area contributed by atoms with Gasteiger partial charge >= 0.3 is 0 Å². The van der Waals surface area contributed by atoms with Gasteiger partial charge < -0.3 is 15.1 Å². The van der Waals surface area contributed by atoms with Gasteiger partial charge in [0.05, 0.1) is 0 Å². The van der Waals surface area contributed by atoms with Crippen LogP contribution in [-0.2, 0) is 0 Å². The van der Waals surface area contributed by atoms with Gasteiger partial charge in [0, 0.05) is 19.1 Å². The molecule has 0 radical (unpaired) electrons. The highest BCUT2D eigenvalue weighted by atomic mass is 16.3. The van der Waals surface area contributed by atoms with Crippen LogP contribution in [0.4, 0.5) is 0 Å². The van der Waals surface area contributed by atoms with Crippen molar-refractivity contribution in [3.8, 4) is 0 Å². The third kappa shape index (κ3) is 4.40. The first kappa shape index (κ1) is 12.0. The second-order valence-electron chi connectivity index (χ2n) is 4.28. The van der Waals surface area contributed by atoms with Crippen LogP contribution in [0.5, 0.6) is 0 Å². The van der Waals surface area contributed by atoms with Crippen LogP contribution in [0.2, 0.25) is 0 Å². The fourth-order valence-corrected chi connectivity index (χ4v) is 1.97. The van der Waals surface area contributed by atoms with E-state index < -0.39 is 0 Å². The largest absolute Gasteiger partial charge is 0.396 e. The van der Waals surface area contributed by atoms with Gasteiger partial charge in [0.2, 0.25) is 0 Å². The summed E-state index contributed by atoms with van der Waals surface area (Å²) in [5, 5.41) is 17.9. The Hall–Kier alpha value is -0.120. The Balaban J connectivity index is 2.14. The predicted octanol–water partition coefficient (Wildman–Crippen LogP) is 0.853. The summed E-state index contributed by atoms with van der Waals surface area (Å²) in [6, 6.07) is 0. The molecular weight excluding hydrogens is 178 g/mol. The second-order valence-corrected chi connectivity index (χ2v) is 4.28. The van der Waals surface area contributed by atoms with Crippen molar-refractivity contribution < 1.29 is 10.2 Å². The van der Waals surface area contributed by atoms with Gasteiger partial charge in [-0.1, -0.05) is 12.8 Å². The lowest BCUT2D eigenvalue weighted by Crippen LogP contribution is -2.28.